The molecule has 1 aromatic rings. The quantitative estimate of drug-likeness (QED) is 0.780. The summed E-state index contributed by atoms with van der Waals surface area (Å²) < 4.78 is 0. The number of amides is 1. The number of carbonyl (C=O) groups is 1. The van der Waals surface area contributed by atoms with Crippen LogP contribution in [0.3, 0.4) is 0 Å². The molecule has 1 fully saturated rings. The van der Waals surface area contributed by atoms with Gasteiger partial charge in [0.1, 0.15) is 0 Å². The van der Waals surface area contributed by atoms with Crippen molar-refractivity contribution in [3.63, 3.8) is 0 Å². The smallest absolute Gasteiger partial charge is 0.223 e. The van der Waals surface area contributed by atoms with Crippen molar-refractivity contribution in [2.45, 2.75) is 45.7 Å². The lowest BCUT2D eigenvalue weighted by molar-refractivity contribution is -0.132. The second-order valence-corrected chi connectivity index (χ2v) is 5.35. The van der Waals surface area contributed by atoms with Crippen molar-refractivity contribution in [2.24, 2.45) is 5.92 Å². The van der Waals surface area contributed by atoms with Crippen molar-refractivity contribution in [2.75, 3.05) is 0 Å². The van der Waals surface area contributed by atoms with Crippen molar-refractivity contribution in [3.05, 3.63) is 34.9 Å². The van der Waals surface area contributed by atoms with Gasteiger partial charge in [-0.3, -0.25) is 4.79 Å². The molecule has 0 saturated heterocycles. The average molecular weight is 229 g/mol. The highest BCUT2D eigenvalue weighted by molar-refractivity contribution is 5.77. The van der Waals surface area contributed by atoms with Crippen LogP contribution in [0.15, 0.2) is 18.2 Å². The summed E-state index contributed by atoms with van der Waals surface area (Å²) in [6.45, 7) is 3.83. The minimum atomic E-state index is 0.349. The van der Waals surface area contributed by atoms with E-state index in [1.54, 1.807) is 0 Å². The molecular weight excluding hydrogens is 210 g/mol. The Morgan fingerprint density at radius 2 is 2.06 bits per heavy atom. The van der Waals surface area contributed by atoms with Crippen LogP contribution in [0.1, 0.15) is 42.9 Å². The van der Waals surface area contributed by atoms with Crippen LogP contribution in [0.25, 0.3) is 0 Å². The summed E-state index contributed by atoms with van der Waals surface area (Å²) in [7, 11) is 0. The van der Waals surface area contributed by atoms with E-state index in [1.807, 2.05) is 4.90 Å². The molecule has 2 nitrogen and oxygen atoms in total. The second-order valence-electron chi connectivity index (χ2n) is 5.35. The third-order valence-electron chi connectivity index (χ3n) is 3.91. The minimum Gasteiger partial charge on any atom is -0.334 e. The van der Waals surface area contributed by atoms with E-state index in [-0.39, 0.29) is 0 Å². The lowest BCUT2D eigenvalue weighted by atomic mass is 10.1. The van der Waals surface area contributed by atoms with Gasteiger partial charge in [-0.15, -0.1) is 0 Å². The molecule has 0 unspecified atom stereocenters. The molecule has 1 aliphatic heterocycles. The largest absolute Gasteiger partial charge is 0.334 e. The Bertz CT molecular complexity index is 448. The fourth-order valence-corrected chi connectivity index (χ4v) is 2.54. The molecule has 0 bridgehead atoms. The third kappa shape index (κ3) is 2.21. The van der Waals surface area contributed by atoms with E-state index in [4.69, 9.17) is 0 Å². The first-order valence-corrected chi connectivity index (χ1v) is 6.64. The molecule has 2 aliphatic rings. The van der Waals surface area contributed by atoms with E-state index in [1.165, 1.54) is 29.5 Å². The molecule has 1 saturated carbocycles. The number of nitrogens with zero attached hydrogens (tertiary/aromatic N) is 1. The summed E-state index contributed by atoms with van der Waals surface area (Å²) >= 11 is 0. The van der Waals surface area contributed by atoms with Crippen molar-refractivity contribution in [3.8, 4) is 0 Å². The maximum Gasteiger partial charge on any atom is 0.223 e. The van der Waals surface area contributed by atoms with E-state index < -0.39 is 0 Å². The highest BCUT2D eigenvalue weighted by Gasteiger charge is 2.29. The number of fused-ring (bicyclic) bond motifs is 1. The summed E-state index contributed by atoms with van der Waals surface area (Å²) in [5, 5.41) is 0. The van der Waals surface area contributed by atoms with Crippen LogP contribution in [0.4, 0.5) is 0 Å². The van der Waals surface area contributed by atoms with Crippen LogP contribution in [-0.4, -0.2) is 10.8 Å². The molecule has 0 aromatic heterocycles. The molecule has 1 aliphatic carbocycles. The average Bonchev–Trinajstić information content (AvgIpc) is 3.04. The zero-order valence-corrected chi connectivity index (χ0v) is 10.4. The van der Waals surface area contributed by atoms with Gasteiger partial charge >= 0.3 is 0 Å². The first-order chi connectivity index (χ1) is 8.26. The van der Waals surface area contributed by atoms with Crippen LogP contribution < -0.4 is 0 Å². The van der Waals surface area contributed by atoms with Gasteiger partial charge in [0.15, 0.2) is 0 Å². The molecule has 0 spiro atoms. The van der Waals surface area contributed by atoms with Crippen molar-refractivity contribution in [1.82, 2.24) is 4.90 Å². The van der Waals surface area contributed by atoms with E-state index >= 15 is 0 Å². The Morgan fingerprint density at radius 3 is 2.76 bits per heavy atom. The van der Waals surface area contributed by atoms with Crippen molar-refractivity contribution in [1.29, 1.82) is 0 Å². The maximum absolute atomic E-state index is 12.0. The van der Waals surface area contributed by atoms with Gasteiger partial charge in [-0.05, 0) is 41.9 Å². The van der Waals surface area contributed by atoms with Crippen LogP contribution in [0.5, 0.6) is 0 Å². The van der Waals surface area contributed by atoms with Crippen LogP contribution >= 0.6 is 0 Å². The van der Waals surface area contributed by atoms with Gasteiger partial charge in [0.25, 0.3) is 0 Å². The molecule has 17 heavy (non-hydrogen) atoms. The highest BCUT2D eigenvalue weighted by Crippen LogP contribution is 2.34. The normalized spacial score (nSPS) is 18.3. The lowest BCUT2D eigenvalue weighted by Crippen LogP contribution is -2.25. The monoisotopic (exact) mass is 229 g/mol. The van der Waals surface area contributed by atoms with Gasteiger partial charge in [-0.25, -0.2) is 0 Å². The van der Waals surface area contributed by atoms with Crippen LogP contribution in [-0.2, 0) is 24.3 Å². The fourth-order valence-electron chi connectivity index (χ4n) is 2.54. The molecule has 1 aromatic carbocycles. The van der Waals surface area contributed by atoms with E-state index in [9.17, 15) is 4.79 Å². The maximum atomic E-state index is 12.0. The van der Waals surface area contributed by atoms with Crippen molar-refractivity contribution < 1.29 is 4.79 Å². The highest BCUT2D eigenvalue weighted by atomic mass is 16.2. The Labute approximate surface area is 103 Å². The van der Waals surface area contributed by atoms with Gasteiger partial charge in [-0.1, -0.05) is 25.1 Å². The standard InChI is InChI=1S/C15H19NO/c1-2-11-5-6-13-9-16(10-14(13)7-11)15(17)8-12-3-4-12/h5-7,12H,2-4,8-10H2,1H3. The molecule has 0 radical (unpaired) electrons. The molecule has 2 heteroatoms. The SMILES string of the molecule is CCc1ccc2c(c1)CN(C(=O)CC1CC1)C2. The van der Waals surface area contributed by atoms with Crippen LogP contribution in [0, 0.1) is 5.92 Å². The van der Waals surface area contributed by atoms with Gasteiger partial charge in [-0.2, -0.15) is 0 Å². The van der Waals surface area contributed by atoms with Gasteiger partial charge < -0.3 is 4.90 Å². The Balaban J connectivity index is 1.70. The molecule has 1 heterocycles. The second kappa shape index (κ2) is 4.17. The first kappa shape index (κ1) is 10.8. The summed E-state index contributed by atoms with van der Waals surface area (Å²) in [6, 6.07) is 6.64. The Kier molecular flexibility index (Phi) is 2.65. The zero-order valence-electron chi connectivity index (χ0n) is 10.4. The van der Waals surface area contributed by atoms with Gasteiger partial charge in [0, 0.05) is 19.5 Å². The van der Waals surface area contributed by atoms with E-state index in [2.05, 4.69) is 25.1 Å². The summed E-state index contributed by atoms with van der Waals surface area (Å²) in [5.41, 5.74) is 4.07. The molecule has 90 valence electrons. The third-order valence-corrected chi connectivity index (χ3v) is 3.91. The predicted molar refractivity (Wildman–Crippen MR) is 67.4 cm³/mol. The first-order valence-electron chi connectivity index (χ1n) is 6.64. The molecular formula is C15H19NO. The number of benzene rings is 1. The van der Waals surface area contributed by atoms with E-state index in [0.29, 0.717) is 11.8 Å². The molecule has 3 rings (SSSR count). The predicted octanol–water partition coefficient (Wildman–Crippen LogP) is 2.89. The molecule has 1 amide bonds. The molecule has 0 N–H and O–H groups in total. The van der Waals surface area contributed by atoms with E-state index in [0.717, 1.165) is 25.9 Å². The minimum absolute atomic E-state index is 0.349. The Hall–Kier alpha value is -1.31. The van der Waals surface area contributed by atoms with Crippen molar-refractivity contribution >= 4 is 5.91 Å². The van der Waals surface area contributed by atoms with Crippen LogP contribution in [0.2, 0.25) is 0 Å². The number of hydrogen-bond acceptors (Lipinski definition) is 1. The lowest BCUT2D eigenvalue weighted by Gasteiger charge is -2.14. The number of rotatable bonds is 3. The van der Waals surface area contributed by atoms with Gasteiger partial charge in [0.2, 0.25) is 5.91 Å². The Morgan fingerprint density at radius 1 is 1.29 bits per heavy atom. The fraction of sp³-hybridized carbons (Fsp3) is 0.533. The summed E-state index contributed by atoms with van der Waals surface area (Å²) in [4.78, 5) is 14.1. The number of aryl methyl sites for hydroxylation is 1. The zero-order chi connectivity index (χ0) is 11.8. The summed E-state index contributed by atoms with van der Waals surface area (Å²) in [5.74, 6) is 1.04. The number of carbonyl (C=O) groups excluding carboxylic acids is 1. The topological polar surface area (TPSA) is 20.3 Å². The summed E-state index contributed by atoms with van der Waals surface area (Å²) in [6.07, 6.45) is 4.36. The number of hydrogen-bond donors (Lipinski definition) is 0. The molecule has 0 atom stereocenters. The van der Waals surface area contributed by atoms with Gasteiger partial charge in [0.05, 0.1) is 0 Å².